The number of guanidine groups is 1. The zero-order chi connectivity index (χ0) is 12.7. The standard InChI is InChI=1S/C11H18F3N3/c1-2-15-10(16-8-7-11(12,13)14)17-9-5-3-4-6-9/h3-4,9H,2,5-8H2,1H3,(H2,15,16,17). The van der Waals surface area contributed by atoms with Crippen LogP contribution in [0.25, 0.3) is 0 Å². The van der Waals surface area contributed by atoms with Crippen molar-refractivity contribution in [1.82, 2.24) is 10.6 Å². The Morgan fingerprint density at radius 1 is 1.35 bits per heavy atom. The summed E-state index contributed by atoms with van der Waals surface area (Å²) in [5.41, 5.74) is 0. The Hall–Kier alpha value is -1.20. The van der Waals surface area contributed by atoms with Gasteiger partial charge in [-0.2, -0.15) is 13.2 Å². The molecule has 0 amide bonds. The van der Waals surface area contributed by atoms with Gasteiger partial charge in [-0.05, 0) is 19.8 Å². The summed E-state index contributed by atoms with van der Waals surface area (Å²) in [7, 11) is 0. The molecule has 0 saturated carbocycles. The first kappa shape index (κ1) is 13.9. The van der Waals surface area contributed by atoms with Crippen LogP contribution in [0.1, 0.15) is 26.2 Å². The molecule has 0 aliphatic heterocycles. The molecule has 17 heavy (non-hydrogen) atoms. The molecule has 0 aromatic carbocycles. The summed E-state index contributed by atoms with van der Waals surface area (Å²) in [5.74, 6) is 0.463. The van der Waals surface area contributed by atoms with Crippen molar-refractivity contribution in [1.29, 1.82) is 0 Å². The van der Waals surface area contributed by atoms with Gasteiger partial charge in [-0.3, -0.25) is 4.99 Å². The molecular weight excluding hydrogens is 231 g/mol. The van der Waals surface area contributed by atoms with E-state index in [2.05, 4.69) is 27.8 Å². The van der Waals surface area contributed by atoms with Crippen molar-refractivity contribution in [3.63, 3.8) is 0 Å². The fourth-order valence-electron chi connectivity index (χ4n) is 1.54. The van der Waals surface area contributed by atoms with E-state index in [4.69, 9.17) is 0 Å². The van der Waals surface area contributed by atoms with Crippen LogP contribution in [0.4, 0.5) is 13.2 Å². The summed E-state index contributed by atoms with van der Waals surface area (Å²) in [6, 6.07) is 0.249. The molecule has 6 heteroatoms. The first-order valence-corrected chi connectivity index (χ1v) is 5.78. The van der Waals surface area contributed by atoms with Gasteiger partial charge in [-0.15, -0.1) is 0 Å². The van der Waals surface area contributed by atoms with E-state index in [0.29, 0.717) is 12.5 Å². The normalized spacial score (nSPS) is 17.5. The van der Waals surface area contributed by atoms with Crippen molar-refractivity contribution in [2.75, 3.05) is 13.1 Å². The lowest BCUT2D eigenvalue weighted by Gasteiger charge is -2.16. The van der Waals surface area contributed by atoms with E-state index in [1.54, 1.807) is 0 Å². The van der Waals surface area contributed by atoms with Crippen LogP contribution in [0, 0.1) is 0 Å². The highest BCUT2D eigenvalue weighted by Gasteiger charge is 2.26. The maximum atomic E-state index is 12.0. The third-order valence-electron chi connectivity index (χ3n) is 2.36. The zero-order valence-corrected chi connectivity index (χ0v) is 9.85. The largest absolute Gasteiger partial charge is 0.390 e. The molecule has 0 heterocycles. The lowest BCUT2D eigenvalue weighted by Crippen LogP contribution is -2.42. The molecule has 0 aromatic rings. The molecule has 0 bridgehead atoms. The van der Waals surface area contributed by atoms with Crippen molar-refractivity contribution < 1.29 is 13.2 Å². The SMILES string of the molecule is CCNC(=NCCC(F)(F)F)NC1CC=CC1. The van der Waals surface area contributed by atoms with Gasteiger partial charge < -0.3 is 10.6 Å². The molecular formula is C11H18F3N3. The number of hydrogen-bond donors (Lipinski definition) is 2. The second kappa shape index (κ2) is 6.51. The third kappa shape index (κ3) is 6.19. The molecule has 0 atom stereocenters. The highest BCUT2D eigenvalue weighted by Crippen LogP contribution is 2.18. The van der Waals surface area contributed by atoms with Gasteiger partial charge in [0.15, 0.2) is 5.96 Å². The molecule has 0 fully saturated rings. The van der Waals surface area contributed by atoms with Gasteiger partial charge in [0.1, 0.15) is 0 Å². The Labute approximate surface area is 99.2 Å². The summed E-state index contributed by atoms with van der Waals surface area (Å²) >= 11 is 0. The average Bonchev–Trinajstić information content (AvgIpc) is 2.68. The lowest BCUT2D eigenvalue weighted by molar-refractivity contribution is -0.132. The van der Waals surface area contributed by atoms with Gasteiger partial charge in [0.25, 0.3) is 0 Å². The minimum atomic E-state index is -4.14. The molecule has 98 valence electrons. The number of alkyl halides is 3. The van der Waals surface area contributed by atoms with E-state index in [-0.39, 0.29) is 12.6 Å². The lowest BCUT2D eigenvalue weighted by atomic mass is 10.2. The van der Waals surface area contributed by atoms with Crippen molar-refractivity contribution in [2.24, 2.45) is 4.99 Å². The van der Waals surface area contributed by atoms with Crippen LogP contribution in [0.15, 0.2) is 17.1 Å². The molecule has 1 aliphatic rings. The number of aliphatic imine (C=N–C) groups is 1. The second-order valence-electron chi connectivity index (χ2n) is 3.91. The van der Waals surface area contributed by atoms with Crippen LogP contribution in [-0.4, -0.2) is 31.3 Å². The number of rotatable bonds is 4. The molecule has 0 unspecified atom stereocenters. The Morgan fingerprint density at radius 2 is 2.00 bits per heavy atom. The van der Waals surface area contributed by atoms with E-state index in [9.17, 15) is 13.2 Å². The summed E-state index contributed by atoms with van der Waals surface area (Å²) in [5, 5.41) is 6.05. The maximum Gasteiger partial charge on any atom is 0.390 e. The van der Waals surface area contributed by atoms with Crippen LogP contribution in [0.5, 0.6) is 0 Å². The summed E-state index contributed by atoms with van der Waals surface area (Å²) in [4.78, 5) is 3.91. The van der Waals surface area contributed by atoms with Crippen LogP contribution in [-0.2, 0) is 0 Å². The van der Waals surface area contributed by atoms with Crippen LogP contribution in [0.3, 0.4) is 0 Å². The van der Waals surface area contributed by atoms with Gasteiger partial charge >= 0.3 is 6.18 Å². The molecule has 3 nitrogen and oxygen atoms in total. The fraction of sp³-hybridized carbons (Fsp3) is 0.727. The quantitative estimate of drug-likeness (QED) is 0.455. The molecule has 0 aromatic heterocycles. The van der Waals surface area contributed by atoms with Gasteiger partial charge in [0.05, 0.1) is 13.0 Å². The number of halogens is 3. The molecule has 0 radical (unpaired) electrons. The minimum Gasteiger partial charge on any atom is -0.357 e. The van der Waals surface area contributed by atoms with E-state index in [0.717, 1.165) is 12.8 Å². The summed E-state index contributed by atoms with van der Waals surface area (Å²) < 4.78 is 35.9. The molecule has 2 N–H and O–H groups in total. The van der Waals surface area contributed by atoms with Crippen LogP contribution >= 0.6 is 0 Å². The minimum absolute atomic E-state index is 0.237. The molecule has 1 aliphatic carbocycles. The monoisotopic (exact) mass is 249 g/mol. The van der Waals surface area contributed by atoms with Crippen LogP contribution in [0.2, 0.25) is 0 Å². The Bertz CT molecular complexity index is 276. The zero-order valence-electron chi connectivity index (χ0n) is 9.85. The first-order chi connectivity index (χ1) is 8.01. The predicted molar refractivity (Wildman–Crippen MR) is 61.9 cm³/mol. The van der Waals surface area contributed by atoms with Crippen molar-refractivity contribution in [3.05, 3.63) is 12.2 Å². The van der Waals surface area contributed by atoms with Gasteiger partial charge in [0.2, 0.25) is 0 Å². The van der Waals surface area contributed by atoms with Gasteiger partial charge in [-0.25, -0.2) is 0 Å². The maximum absolute atomic E-state index is 12.0. The smallest absolute Gasteiger partial charge is 0.357 e. The Morgan fingerprint density at radius 3 is 2.53 bits per heavy atom. The van der Waals surface area contributed by atoms with E-state index in [1.165, 1.54) is 0 Å². The topological polar surface area (TPSA) is 36.4 Å². The summed E-state index contributed by atoms with van der Waals surface area (Å²) in [6.45, 7) is 2.28. The first-order valence-electron chi connectivity index (χ1n) is 5.78. The number of nitrogens with zero attached hydrogens (tertiary/aromatic N) is 1. The number of nitrogens with one attached hydrogen (secondary N) is 2. The highest BCUT2D eigenvalue weighted by molar-refractivity contribution is 5.80. The molecule has 0 spiro atoms. The van der Waals surface area contributed by atoms with E-state index in [1.807, 2.05) is 6.92 Å². The summed E-state index contributed by atoms with van der Waals surface area (Å²) in [6.07, 6.45) is 0.865. The van der Waals surface area contributed by atoms with Gasteiger partial charge in [-0.1, -0.05) is 12.2 Å². The van der Waals surface area contributed by atoms with Crippen molar-refractivity contribution in [3.8, 4) is 0 Å². The van der Waals surface area contributed by atoms with E-state index >= 15 is 0 Å². The van der Waals surface area contributed by atoms with Crippen LogP contribution < -0.4 is 10.6 Å². The number of hydrogen-bond acceptors (Lipinski definition) is 1. The van der Waals surface area contributed by atoms with Crippen molar-refractivity contribution >= 4 is 5.96 Å². The highest BCUT2D eigenvalue weighted by atomic mass is 19.4. The van der Waals surface area contributed by atoms with Gasteiger partial charge in [0, 0.05) is 12.6 Å². The predicted octanol–water partition coefficient (Wildman–Crippen LogP) is 2.21. The Balaban J connectivity index is 2.38. The molecule has 0 saturated heterocycles. The fourth-order valence-corrected chi connectivity index (χ4v) is 1.54. The third-order valence-corrected chi connectivity index (χ3v) is 2.36. The molecule has 1 rings (SSSR count). The Kier molecular flexibility index (Phi) is 5.31. The second-order valence-corrected chi connectivity index (χ2v) is 3.91. The average molecular weight is 249 g/mol. The van der Waals surface area contributed by atoms with Crippen molar-refractivity contribution in [2.45, 2.75) is 38.4 Å². The van der Waals surface area contributed by atoms with E-state index < -0.39 is 12.6 Å².